The molecule has 2 rings (SSSR count). The Bertz CT molecular complexity index is 561. The van der Waals surface area contributed by atoms with Crippen molar-refractivity contribution in [1.82, 2.24) is 5.32 Å². The van der Waals surface area contributed by atoms with Gasteiger partial charge in [0.2, 0.25) is 0 Å². The van der Waals surface area contributed by atoms with Crippen LogP contribution < -0.4 is 10.2 Å². The van der Waals surface area contributed by atoms with Gasteiger partial charge in [-0.3, -0.25) is 4.90 Å². The molecule has 0 radical (unpaired) electrons. The zero-order valence-electron chi connectivity index (χ0n) is 15.3. The molecule has 1 aliphatic heterocycles. The van der Waals surface area contributed by atoms with Crippen molar-refractivity contribution in [3.63, 3.8) is 0 Å². The average Bonchev–Trinajstić information content (AvgIpc) is 2.87. The summed E-state index contributed by atoms with van der Waals surface area (Å²) in [5, 5.41) is 3.56. The van der Waals surface area contributed by atoms with Gasteiger partial charge in [0.05, 0.1) is 5.69 Å². The van der Waals surface area contributed by atoms with Crippen molar-refractivity contribution in [2.24, 2.45) is 5.92 Å². The predicted octanol–water partition coefficient (Wildman–Crippen LogP) is 4.12. The number of nitrogens with zero attached hydrogens (tertiary/aromatic N) is 1. The van der Waals surface area contributed by atoms with Gasteiger partial charge in [-0.05, 0) is 51.2 Å². The van der Waals surface area contributed by atoms with Crippen LogP contribution in [0.4, 0.5) is 10.5 Å². The summed E-state index contributed by atoms with van der Waals surface area (Å²) in [6.07, 6.45) is 0.642. The van der Waals surface area contributed by atoms with Crippen molar-refractivity contribution in [3.8, 4) is 0 Å². The molecule has 4 nitrogen and oxygen atoms in total. The van der Waals surface area contributed by atoms with Gasteiger partial charge < -0.3 is 10.1 Å². The van der Waals surface area contributed by atoms with E-state index < -0.39 is 5.60 Å². The highest BCUT2D eigenvalue weighted by molar-refractivity contribution is 5.91. The summed E-state index contributed by atoms with van der Waals surface area (Å²) >= 11 is 0. The summed E-state index contributed by atoms with van der Waals surface area (Å²) < 4.78 is 5.56. The number of carbonyl (C=O) groups excluding carboxylic acids is 1. The first-order chi connectivity index (χ1) is 10.7. The van der Waals surface area contributed by atoms with E-state index >= 15 is 0 Å². The number of para-hydroxylation sites is 1. The molecule has 0 saturated heterocycles. The molecule has 0 bridgehead atoms. The third-order valence-electron chi connectivity index (χ3n) is 4.31. The molecule has 1 heterocycles. The van der Waals surface area contributed by atoms with Crippen LogP contribution in [0.5, 0.6) is 0 Å². The van der Waals surface area contributed by atoms with Crippen LogP contribution in [-0.2, 0) is 17.7 Å². The standard InChI is InChI=1S/C19H30N2O2/c1-13(2)14(3)20-12-16-9-7-8-15-10-11-21(17(15)16)18(22)23-19(4,5)6/h7-9,13-14,20H,10-12H2,1-6H3. The molecule has 1 amide bonds. The molecule has 0 aromatic heterocycles. The van der Waals surface area contributed by atoms with Crippen LogP contribution >= 0.6 is 0 Å². The molecule has 0 fully saturated rings. The van der Waals surface area contributed by atoms with Crippen LogP contribution in [0.25, 0.3) is 0 Å². The van der Waals surface area contributed by atoms with Crippen LogP contribution in [-0.4, -0.2) is 24.3 Å². The monoisotopic (exact) mass is 318 g/mol. The quantitative estimate of drug-likeness (QED) is 0.908. The normalized spacial score (nSPS) is 15.7. The molecule has 1 aromatic rings. The van der Waals surface area contributed by atoms with E-state index in [2.05, 4.69) is 44.3 Å². The predicted molar refractivity (Wildman–Crippen MR) is 94.9 cm³/mol. The summed E-state index contributed by atoms with van der Waals surface area (Å²) in [7, 11) is 0. The molecule has 0 spiro atoms. The number of anilines is 1. The van der Waals surface area contributed by atoms with Gasteiger partial charge in [0.1, 0.15) is 5.60 Å². The lowest BCUT2D eigenvalue weighted by Gasteiger charge is -2.26. The number of ether oxygens (including phenoxy) is 1. The van der Waals surface area contributed by atoms with Crippen molar-refractivity contribution in [2.45, 2.75) is 66.2 Å². The number of rotatable bonds is 4. The van der Waals surface area contributed by atoms with E-state index in [1.54, 1.807) is 4.90 Å². The molecular formula is C19H30N2O2. The Morgan fingerprint density at radius 3 is 2.61 bits per heavy atom. The SMILES string of the molecule is CC(C)C(C)NCc1cccc2c1N(C(=O)OC(C)(C)C)CC2. The van der Waals surface area contributed by atoms with E-state index in [1.807, 2.05) is 20.8 Å². The Balaban J connectivity index is 2.18. The number of nitrogens with one attached hydrogen (secondary N) is 1. The molecule has 1 N–H and O–H groups in total. The zero-order chi connectivity index (χ0) is 17.2. The van der Waals surface area contributed by atoms with Crippen molar-refractivity contribution in [3.05, 3.63) is 29.3 Å². The Morgan fingerprint density at radius 1 is 1.30 bits per heavy atom. The molecule has 0 saturated carbocycles. The number of amides is 1. The number of carbonyl (C=O) groups is 1. The zero-order valence-corrected chi connectivity index (χ0v) is 15.3. The van der Waals surface area contributed by atoms with Crippen molar-refractivity contribution < 1.29 is 9.53 Å². The van der Waals surface area contributed by atoms with E-state index in [0.717, 1.165) is 18.7 Å². The molecule has 0 aliphatic carbocycles. The fourth-order valence-electron chi connectivity index (χ4n) is 2.69. The third kappa shape index (κ3) is 4.47. The second-order valence-corrected chi connectivity index (χ2v) is 7.72. The summed E-state index contributed by atoms with van der Waals surface area (Å²) in [6, 6.07) is 6.72. The third-order valence-corrected chi connectivity index (χ3v) is 4.31. The van der Waals surface area contributed by atoms with Gasteiger partial charge in [0.15, 0.2) is 0 Å². The highest BCUT2D eigenvalue weighted by Gasteiger charge is 2.30. The lowest BCUT2D eigenvalue weighted by atomic mass is 10.0. The first-order valence-electron chi connectivity index (χ1n) is 8.53. The lowest BCUT2D eigenvalue weighted by molar-refractivity contribution is 0.0583. The minimum absolute atomic E-state index is 0.249. The fraction of sp³-hybridized carbons (Fsp3) is 0.632. The van der Waals surface area contributed by atoms with Crippen LogP contribution in [0.3, 0.4) is 0 Å². The van der Waals surface area contributed by atoms with E-state index in [9.17, 15) is 4.79 Å². The minimum atomic E-state index is -0.473. The second kappa shape index (κ2) is 6.91. The van der Waals surface area contributed by atoms with E-state index in [0.29, 0.717) is 18.5 Å². The molecule has 1 aromatic carbocycles. The van der Waals surface area contributed by atoms with Gasteiger partial charge in [-0.1, -0.05) is 32.0 Å². The number of benzene rings is 1. The van der Waals surface area contributed by atoms with Gasteiger partial charge in [-0.15, -0.1) is 0 Å². The minimum Gasteiger partial charge on any atom is -0.443 e. The Morgan fingerprint density at radius 2 is 2.00 bits per heavy atom. The first kappa shape index (κ1) is 17.8. The van der Waals surface area contributed by atoms with Gasteiger partial charge in [0, 0.05) is 19.1 Å². The molecule has 23 heavy (non-hydrogen) atoms. The maximum Gasteiger partial charge on any atom is 0.414 e. The van der Waals surface area contributed by atoms with Gasteiger partial charge in [-0.2, -0.15) is 0 Å². The molecule has 4 heteroatoms. The molecule has 1 aliphatic rings. The van der Waals surface area contributed by atoms with Gasteiger partial charge in [0.25, 0.3) is 0 Å². The number of hydrogen-bond donors (Lipinski definition) is 1. The van der Waals surface area contributed by atoms with Crippen LogP contribution in [0, 0.1) is 5.92 Å². The van der Waals surface area contributed by atoms with E-state index in [1.165, 1.54) is 11.1 Å². The summed E-state index contributed by atoms with van der Waals surface area (Å²) in [5.41, 5.74) is 2.95. The van der Waals surface area contributed by atoms with Crippen LogP contribution in [0.1, 0.15) is 52.7 Å². The van der Waals surface area contributed by atoms with Crippen LogP contribution in [0.15, 0.2) is 18.2 Å². The highest BCUT2D eigenvalue weighted by atomic mass is 16.6. The van der Waals surface area contributed by atoms with E-state index in [4.69, 9.17) is 4.74 Å². The van der Waals surface area contributed by atoms with Gasteiger partial charge >= 0.3 is 6.09 Å². The van der Waals surface area contributed by atoms with Crippen LogP contribution in [0.2, 0.25) is 0 Å². The fourth-order valence-corrected chi connectivity index (χ4v) is 2.69. The van der Waals surface area contributed by atoms with Gasteiger partial charge in [-0.25, -0.2) is 4.79 Å². The Labute approximate surface area is 140 Å². The molecule has 1 atom stereocenters. The Hall–Kier alpha value is -1.55. The summed E-state index contributed by atoms with van der Waals surface area (Å²) in [5.74, 6) is 0.578. The molecule has 128 valence electrons. The molecule has 1 unspecified atom stereocenters. The maximum atomic E-state index is 12.5. The summed E-state index contributed by atoms with van der Waals surface area (Å²) in [4.78, 5) is 14.3. The largest absolute Gasteiger partial charge is 0.443 e. The topological polar surface area (TPSA) is 41.6 Å². The summed E-state index contributed by atoms with van der Waals surface area (Å²) in [6.45, 7) is 13.8. The maximum absolute atomic E-state index is 12.5. The van der Waals surface area contributed by atoms with Crippen molar-refractivity contribution in [1.29, 1.82) is 0 Å². The number of fused-ring (bicyclic) bond motifs is 1. The highest BCUT2D eigenvalue weighted by Crippen LogP contribution is 2.33. The van der Waals surface area contributed by atoms with E-state index in [-0.39, 0.29) is 6.09 Å². The average molecular weight is 318 g/mol. The lowest BCUT2D eigenvalue weighted by Crippen LogP contribution is -2.36. The molecular weight excluding hydrogens is 288 g/mol. The smallest absolute Gasteiger partial charge is 0.414 e. The first-order valence-corrected chi connectivity index (χ1v) is 8.53. The Kier molecular flexibility index (Phi) is 5.35. The van der Waals surface area contributed by atoms with Crippen molar-refractivity contribution >= 4 is 11.8 Å². The number of hydrogen-bond acceptors (Lipinski definition) is 3. The second-order valence-electron chi connectivity index (χ2n) is 7.72. The van der Waals surface area contributed by atoms with Crippen molar-refractivity contribution in [2.75, 3.05) is 11.4 Å².